The standard InChI is InChI=1S/C14H22ClNO4/c1-14(2,3)20-13(18)16-11-9-5-4-8(6-9)10(11)12(17)19-7-15/h8-11H,4-7H2,1-3H3,(H,16,18). The Morgan fingerprint density at radius 1 is 1.25 bits per heavy atom. The van der Waals surface area contributed by atoms with Crippen molar-refractivity contribution < 1.29 is 19.1 Å². The summed E-state index contributed by atoms with van der Waals surface area (Å²) in [5.41, 5.74) is -0.548. The topological polar surface area (TPSA) is 64.6 Å². The molecule has 2 aliphatic carbocycles. The maximum absolute atomic E-state index is 12.0. The molecule has 1 N–H and O–H groups in total. The largest absolute Gasteiger partial charge is 0.449 e. The van der Waals surface area contributed by atoms with Crippen LogP contribution in [0.2, 0.25) is 0 Å². The molecule has 0 saturated heterocycles. The summed E-state index contributed by atoms with van der Waals surface area (Å²) in [6.07, 6.45) is 2.54. The van der Waals surface area contributed by atoms with E-state index in [1.54, 1.807) is 0 Å². The van der Waals surface area contributed by atoms with E-state index in [9.17, 15) is 9.59 Å². The highest BCUT2D eigenvalue weighted by Gasteiger charge is 2.52. The second kappa shape index (κ2) is 5.80. The van der Waals surface area contributed by atoms with Crippen molar-refractivity contribution in [2.75, 3.05) is 6.07 Å². The van der Waals surface area contributed by atoms with Crippen molar-refractivity contribution in [1.82, 2.24) is 5.32 Å². The molecule has 0 aliphatic heterocycles. The minimum atomic E-state index is -0.548. The first kappa shape index (κ1) is 15.4. The molecule has 6 heteroatoms. The fraction of sp³-hybridized carbons (Fsp3) is 0.857. The molecule has 4 unspecified atom stereocenters. The highest BCUT2D eigenvalue weighted by Crippen LogP contribution is 2.49. The number of hydrogen-bond acceptors (Lipinski definition) is 4. The number of carbonyl (C=O) groups is 2. The van der Waals surface area contributed by atoms with Crippen molar-refractivity contribution in [3.05, 3.63) is 0 Å². The van der Waals surface area contributed by atoms with Crippen LogP contribution in [-0.2, 0) is 14.3 Å². The first-order valence-corrected chi connectivity index (χ1v) is 7.57. The van der Waals surface area contributed by atoms with Gasteiger partial charge in [-0.3, -0.25) is 4.79 Å². The van der Waals surface area contributed by atoms with Crippen LogP contribution < -0.4 is 5.32 Å². The summed E-state index contributed by atoms with van der Waals surface area (Å²) in [5.74, 6) is 0.0179. The van der Waals surface area contributed by atoms with Gasteiger partial charge in [0.1, 0.15) is 5.60 Å². The van der Waals surface area contributed by atoms with Crippen LogP contribution in [0.15, 0.2) is 0 Å². The van der Waals surface area contributed by atoms with Gasteiger partial charge in [-0.25, -0.2) is 4.79 Å². The van der Waals surface area contributed by atoms with E-state index in [4.69, 9.17) is 21.1 Å². The Morgan fingerprint density at radius 3 is 2.50 bits per heavy atom. The van der Waals surface area contributed by atoms with Crippen LogP contribution in [0.25, 0.3) is 0 Å². The zero-order valence-corrected chi connectivity index (χ0v) is 12.9. The highest BCUT2D eigenvalue weighted by molar-refractivity contribution is 6.17. The highest BCUT2D eigenvalue weighted by atomic mass is 35.5. The minimum absolute atomic E-state index is 0.147. The van der Waals surface area contributed by atoms with E-state index in [1.807, 2.05) is 20.8 Å². The van der Waals surface area contributed by atoms with Gasteiger partial charge in [0.25, 0.3) is 0 Å². The van der Waals surface area contributed by atoms with Gasteiger partial charge in [0, 0.05) is 6.04 Å². The number of rotatable bonds is 3. The number of carbonyl (C=O) groups excluding carboxylic acids is 2. The Kier molecular flexibility index (Phi) is 4.47. The molecule has 114 valence electrons. The molecule has 0 heterocycles. The lowest BCUT2D eigenvalue weighted by molar-refractivity contribution is -0.149. The monoisotopic (exact) mass is 303 g/mol. The normalized spacial score (nSPS) is 32.0. The molecule has 20 heavy (non-hydrogen) atoms. The van der Waals surface area contributed by atoms with E-state index >= 15 is 0 Å². The van der Waals surface area contributed by atoms with Gasteiger partial charge in [-0.15, -0.1) is 0 Å². The molecule has 0 aromatic carbocycles. The third kappa shape index (κ3) is 3.37. The number of esters is 1. The number of alkyl carbamates (subject to hydrolysis) is 1. The number of hydrogen-bond donors (Lipinski definition) is 1. The number of fused-ring (bicyclic) bond motifs is 2. The number of halogens is 1. The van der Waals surface area contributed by atoms with Crippen LogP contribution >= 0.6 is 11.6 Å². The number of alkyl halides is 1. The molecular formula is C14H22ClNO4. The van der Waals surface area contributed by atoms with Gasteiger partial charge in [0.2, 0.25) is 0 Å². The smallest absolute Gasteiger partial charge is 0.407 e. The second-order valence-electron chi connectivity index (χ2n) is 6.60. The first-order valence-electron chi connectivity index (χ1n) is 7.04. The molecule has 2 saturated carbocycles. The Balaban J connectivity index is 2.01. The van der Waals surface area contributed by atoms with Crippen LogP contribution in [0.1, 0.15) is 40.0 Å². The number of amides is 1. The summed E-state index contributed by atoms with van der Waals surface area (Å²) in [7, 11) is 0. The average Bonchev–Trinajstić information content (AvgIpc) is 2.86. The maximum Gasteiger partial charge on any atom is 0.407 e. The fourth-order valence-electron chi connectivity index (χ4n) is 3.43. The Hall–Kier alpha value is -0.970. The summed E-state index contributed by atoms with van der Waals surface area (Å²) in [4.78, 5) is 23.9. The first-order chi connectivity index (χ1) is 9.31. The van der Waals surface area contributed by atoms with Crippen molar-refractivity contribution in [3.63, 3.8) is 0 Å². The van der Waals surface area contributed by atoms with Crippen LogP contribution in [0, 0.1) is 17.8 Å². The minimum Gasteiger partial charge on any atom is -0.449 e. The molecule has 5 nitrogen and oxygen atoms in total. The van der Waals surface area contributed by atoms with Crippen LogP contribution in [-0.4, -0.2) is 29.8 Å². The second-order valence-corrected chi connectivity index (χ2v) is 6.82. The van der Waals surface area contributed by atoms with Gasteiger partial charge in [-0.1, -0.05) is 11.6 Å². The molecule has 2 fully saturated rings. The van der Waals surface area contributed by atoms with Gasteiger partial charge in [-0.05, 0) is 51.9 Å². The third-order valence-electron chi connectivity index (χ3n) is 4.07. The molecule has 0 radical (unpaired) electrons. The van der Waals surface area contributed by atoms with Gasteiger partial charge in [-0.2, -0.15) is 0 Å². The molecular weight excluding hydrogens is 282 g/mol. The SMILES string of the molecule is CC(C)(C)OC(=O)NC1C2CCC(C2)C1C(=O)OCCl. The molecule has 2 rings (SSSR count). The van der Waals surface area contributed by atoms with Gasteiger partial charge >= 0.3 is 12.1 Å². The van der Waals surface area contributed by atoms with Crippen LogP contribution in [0.5, 0.6) is 0 Å². The zero-order valence-electron chi connectivity index (χ0n) is 12.1. The summed E-state index contributed by atoms with van der Waals surface area (Å²) < 4.78 is 10.2. The molecule has 1 amide bonds. The van der Waals surface area contributed by atoms with Gasteiger partial charge in [0.15, 0.2) is 6.07 Å². The van der Waals surface area contributed by atoms with Crippen molar-refractivity contribution in [3.8, 4) is 0 Å². The van der Waals surface area contributed by atoms with Crippen LogP contribution in [0.3, 0.4) is 0 Å². The summed E-state index contributed by atoms with van der Waals surface area (Å²) in [6.45, 7) is 5.44. The summed E-state index contributed by atoms with van der Waals surface area (Å²) >= 11 is 5.46. The Morgan fingerprint density at radius 2 is 1.90 bits per heavy atom. The summed E-state index contributed by atoms with van der Waals surface area (Å²) in [5, 5.41) is 2.85. The molecule has 2 bridgehead atoms. The van der Waals surface area contributed by atoms with Crippen molar-refractivity contribution >= 4 is 23.7 Å². The van der Waals surface area contributed by atoms with E-state index in [-0.39, 0.29) is 29.9 Å². The van der Waals surface area contributed by atoms with E-state index < -0.39 is 11.7 Å². The molecule has 0 aromatic rings. The molecule has 4 atom stereocenters. The lowest BCUT2D eigenvalue weighted by atomic mass is 9.84. The average molecular weight is 304 g/mol. The summed E-state index contributed by atoms with van der Waals surface area (Å²) in [6, 6.07) is -0.342. The molecule has 0 aromatic heterocycles. The van der Waals surface area contributed by atoms with E-state index in [1.165, 1.54) is 0 Å². The molecule has 2 aliphatic rings. The van der Waals surface area contributed by atoms with E-state index in [0.29, 0.717) is 5.92 Å². The number of nitrogens with one attached hydrogen (secondary N) is 1. The fourth-order valence-corrected chi connectivity index (χ4v) is 3.54. The van der Waals surface area contributed by atoms with Crippen molar-refractivity contribution in [2.45, 2.75) is 51.7 Å². The zero-order chi connectivity index (χ0) is 14.9. The quantitative estimate of drug-likeness (QED) is 0.643. The Bertz CT molecular complexity index is 393. The Labute approximate surface area is 124 Å². The lowest BCUT2D eigenvalue weighted by Crippen LogP contribution is -2.48. The molecule has 0 spiro atoms. The number of ether oxygens (including phenoxy) is 2. The third-order valence-corrected chi connectivity index (χ3v) is 4.18. The lowest BCUT2D eigenvalue weighted by Gasteiger charge is -2.30. The van der Waals surface area contributed by atoms with Crippen molar-refractivity contribution in [2.24, 2.45) is 17.8 Å². The van der Waals surface area contributed by atoms with E-state index in [2.05, 4.69) is 5.32 Å². The van der Waals surface area contributed by atoms with Gasteiger partial charge in [0.05, 0.1) is 5.92 Å². The van der Waals surface area contributed by atoms with Crippen molar-refractivity contribution in [1.29, 1.82) is 0 Å². The maximum atomic E-state index is 12.0. The predicted octanol–water partition coefficient (Wildman–Crippen LogP) is 2.67. The van der Waals surface area contributed by atoms with Crippen LogP contribution in [0.4, 0.5) is 4.79 Å². The van der Waals surface area contributed by atoms with E-state index in [0.717, 1.165) is 19.3 Å². The van der Waals surface area contributed by atoms with Gasteiger partial charge < -0.3 is 14.8 Å². The predicted molar refractivity (Wildman–Crippen MR) is 74.3 cm³/mol.